The summed E-state index contributed by atoms with van der Waals surface area (Å²) in [6, 6.07) is 9.95. The molecule has 0 amide bonds. The topological polar surface area (TPSA) is 34.1 Å². The quantitative estimate of drug-likeness (QED) is 0.524. The molecule has 0 aliphatic carbocycles. The molecule has 0 aliphatic rings. The summed E-state index contributed by atoms with van der Waals surface area (Å²) in [5.41, 5.74) is 0.107. The monoisotopic (exact) mass is 400 g/mol. The van der Waals surface area contributed by atoms with E-state index in [-0.39, 0.29) is 23.6 Å². The van der Waals surface area contributed by atoms with Gasteiger partial charge in [-0.3, -0.25) is 0 Å². The Bertz CT molecular complexity index is 960. The number of nitrogens with one attached hydrogen (secondary N) is 1. The van der Waals surface area contributed by atoms with Crippen LogP contribution in [0.2, 0.25) is 0 Å². The Morgan fingerprint density at radius 1 is 1.07 bits per heavy atom. The second-order valence-electron chi connectivity index (χ2n) is 5.75. The smallest absolute Gasteiger partial charge is 0.433 e. The standard InChI is InChI=1S/C19H16F4N2O.ClH/c1-3-26-13-6-7-16-14(9-13)17(10-18(25-16)19(21,22)23)24-12-5-4-11(2)15(20)8-12;/h4-10H,3H2,1-2H3,(H,24,25);1H. The van der Waals surface area contributed by atoms with Crippen LogP contribution in [0.15, 0.2) is 42.5 Å². The van der Waals surface area contributed by atoms with Gasteiger partial charge in [0, 0.05) is 11.1 Å². The normalized spacial score (nSPS) is 11.2. The second-order valence-corrected chi connectivity index (χ2v) is 5.75. The van der Waals surface area contributed by atoms with Crippen molar-refractivity contribution in [3.63, 3.8) is 0 Å². The molecule has 3 rings (SSSR count). The predicted molar refractivity (Wildman–Crippen MR) is 99.6 cm³/mol. The van der Waals surface area contributed by atoms with E-state index in [9.17, 15) is 17.6 Å². The lowest BCUT2D eigenvalue weighted by Crippen LogP contribution is -2.09. The molecule has 0 saturated carbocycles. The van der Waals surface area contributed by atoms with Gasteiger partial charge in [0.2, 0.25) is 0 Å². The van der Waals surface area contributed by atoms with Crippen LogP contribution in [0.25, 0.3) is 10.9 Å². The number of benzene rings is 2. The van der Waals surface area contributed by atoms with Gasteiger partial charge < -0.3 is 10.1 Å². The highest BCUT2D eigenvalue weighted by Crippen LogP contribution is 2.35. The number of hydrogen-bond acceptors (Lipinski definition) is 3. The third-order valence-electron chi connectivity index (χ3n) is 3.83. The van der Waals surface area contributed by atoms with Crippen LogP contribution in [0.4, 0.5) is 28.9 Å². The Morgan fingerprint density at radius 3 is 2.44 bits per heavy atom. The summed E-state index contributed by atoms with van der Waals surface area (Å²) in [5.74, 6) is 0.0686. The van der Waals surface area contributed by atoms with Crippen LogP contribution in [0.3, 0.4) is 0 Å². The van der Waals surface area contributed by atoms with Gasteiger partial charge in [-0.25, -0.2) is 9.37 Å². The molecular formula is C19H17ClF4N2O. The zero-order valence-electron chi connectivity index (χ0n) is 14.5. The minimum atomic E-state index is -4.60. The molecule has 3 aromatic rings. The molecule has 0 atom stereocenters. The van der Waals surface area contributed by atoms with Crippen molar-refractivity contribution in [3.05, 3.63) is 59.5 Å². The van der Waals surface area contributed by atoms with Gasteiger partial charge in [0.1, 0.15) is 17.3 Å². The molecular weight excluding hydrogens is 384 g/mol. The van der Waals surface area contributed by atoms with Crippen molar-refractivity contribution in [2.75, 3.05) is 11.9 Å². The summed E-state index contributed by atoms with van der Waals surface area (Å²) in [6.07, 6.45) is -4.60. The number of pyridine rings is 1. The fraction of sp³-hybridized carbons (Fsp3) is 0.211. The van der Waals surface area contributed by atoms with Crippen molar-refractivity contribution in [2.45, 2.75) is 20.0 Å². The van der Waals surface area contributed by atoms with Crippen molar-refractivity contribution < 1.29 is 22.3 Å². The zero-order chi connectivity index (χ0) is 18.9. The number of nitrogens with zero attached hydrogens (tertiary/aromatic N) is 1. The van der Waals surface area contributed by atoms with E-state index in [0.717, 1.165) is 6.07 Å². The Kier molecular flexibility index (Phi) is 6.15. The molecule has 0 saturated heterocycles. The van der Waals surface area contributed by atoms with E-state index in [1.54, 1.807) is 31.2 Å². The molecule has 3 nitrogen and oxygen atoms in total. The van der Waals surface area contributed by atoms with Gasteiger partial charge in [0.05, 0.1) is 17.8 Å². The van der Waals surface area contributed by atoms with Crippen LogP contribution >= 0.6 is 12.4 Å². The van der Waals surface area contributed by atoms with Crippen molar-refractivity contribution >= 4 is 34.7 Å². The number of aromatic nitrogens is 1. The van der Waals surface area contributed by atoms with Crippen LogP contribution in [0.1, 0.15) is 18.2 Å². The predicted octanol–water partition coefficient (Wildman–Crippen LogP) is 6.27. The summed E-state index contributed by atoms with van der Waals surface area (Å²) in [7, 11) is 0. The second kappa shape index (κ2) is 8.00. The number of halogens is 5. The molecule has 0 unspecified atom stereocenters. The number of alkyl halides is 3. The highest BCUT2D eigenvalue weighted by atomic mass is 35.5. The van der Waals surface area contributed by atoms with Crippen LogP contribution in [0, 0.1) is 12.7 Å². The number of aryl methyl sites for hydroxylation is 1. The maximum Gasteiger partial charge on any atom is 0.433 e. The van der Waals surface area contributed by atoms with Crippen molar-refractivity contribution in [3.8, 4) is 5.75 Å². The molecule has 0 aliphatic heterocycles. The maximum atomic E-state index is 13.8. The van der Waals surface area contributed by atoms with Crippen LogP contribution in [0.5, 0.6) is 5.75 Å². The first-order chi connectivity index (χ1) is 12.3. The van der Waals surface area contributed by atoms with Gasteiger partial charge in [0.15, 0.2) is 0 Å². The average Bonchev–Trinajstić information content (AvgIpc) is 2.58. The molecule has 1 heterocycles. The highest BCUT2D eigenvalue weighted by Gasteiger charge is 2.33. The van der Waals surface area contributed by atoms with Crippen molar-refractivity contribution in [2.24, 2.45) is 0 Å². The first-order valence-corrected chi connectivity index (χ1v) is 7.96. The summed E-state index contributed by atoms with van der Waals surface area (Å²) in [5, 5.41) is 3.31. The van der Waals surface area contributed by atoms with Gasteiger partial charge in [-0.15, -0.1) is 12.4 Å². The van der Waals surface area contributed by atoms with E-state index < -0.39 is 17.7 Å². The molecule has 0 bridgehead atoms. The van der Waals surface area contributed by atoms with Crippen LogP contribution in [-0.4, -0.2) is 11.6 Å². The molecule has 144 valence electrons. The molecule has 2 aromatic carbocycles. The molecule has 1 N–H and O–H groups in total. The first-order valence-electron chi connectivity index (χ1n) is 7.96. The fourth-order valence-corrected chi connectivity index (χ4v) is 2.54. The Labute approximate surface area is 159 Å². The molecule has 0 fully saturated rings. The number of fused-ring (bicyclic) bond motifs is 1. The minimum absolute atomic E-state index is 0. The van der Waals surface area contributed by atoms with Crippen LogP contribution in [-0.2, 0) is 6.18 Å². The van der Waals surface area contributed by atoms with E-state index in [1.165, 1.54) is 12.1 Å². The van der Waals surface area contributed by atoms with Crippen LogP contribution < -0.4 is 10.1 Å². The summed E-state index contributed by atoms with van der Waals surface area (Å²) < 4.78 is 58.7. The average molecular weight is 401 g/mol. The number of anilines is 2. The van der Waals surface area contributed by atoms with Gasteiger partial charge in [-0.1, -0.05) is 6.07 Å². The van der Waals surface area contributed by atoms with E-state index in [2.05, 4.69) is 10.3 Å². The first kappa shape index (κ1) is 20.8. The largest absolute Gasteiger partial charge is 0.494 e. The van der Waals surface area contributed by atoms with Gasteiger partial charge in [0.25, 0.3) is 0 Å². The van der Waals surface area contributed by atoms with E-state index in [4.69, 9.17) is 4.74 Å². The third kappa shape index (κ3) is 4.60. The number of hydrogen-bond donors (Lipinski definition) is 1. The number of ether oxygens (including phenoxy) is 1. The minimum Gasteiger partial charge on any atom is -0.494 e. The SMILES string of the molecule is CCOc1ccc2nc(C(F)(F)F)cc(Nc3ccc(C)c(F)c3)c2c1.Cl. The summed E-state index contributed by atoms with van der Waals surface area (Å²) in [4.78, 5) is 3.69. The lowest BCUT2D eigenvalue weighted by Gasteiger charge is -2.15. The Balaban J connectivity index is 0.00000261. The Hall–Kier alpha value is -2.54. The Morgan fingerprint density at radius 2 is 1.81 bits per heavy atom. The molecule has 0 spiro atoms. The van der Waals surface area contributed by atoms with Gasteiger partial charge in [-0.2, -0.15) is 13.2 Å². The van der Waals surface area contributed by atoms with Gasteiger partial charge in [-0.05, 0) is 55.8 Å². The molecule has 27 heavy (non-hydrogen) atoms. The highest BCUT2D eigenvalue weighted by molar-refractivity contribution is 5.94. The maximum absolute atomic E-state index is 13.8. The molecule has 0 radical (unpaired) electrons. The lowest BCUT2D eigenvalue weighted by molar-refractivity contribution is -0.140. The fourth-order valence-electron chi connectivity index (χ4n) is 2.54. The van der Waals surface area contributed by atoms with E-state index in [0.29, 0.717) is 29.0 Å². The van der Waals surface area contributed by atoms with E-state index >= 15 is 0 Å². The van der Waals surface area contributed by atoms with Gasteiger partial charge >= 0.3 is 6.18 Å². The lowest BCUT2D eigenvalue weighted by atomic mass is 10.1. The van der Waals surface area contributed by atoms with Crippen molar-refractivity contribution in [1.29, 1.82) is 0 Å². The zero-order valence-corrected chi connectivity index (χ0v) is 15.3. The number of rotatable bonds is 4. The van der Waals surface area contributed by atoms with Crippen molar-refractivity contribution in [1.82, 2.24) is 4.98 Å². The summed E-state index contributed by atoms with van der Waals surface area (Å²) >= 11 is 0. The van der Waals surface area contributed by atoms with E-state index in [1.807, 2.05) is 6.92 Å². The summed E-state index contributed by atoms with van der Waals surface area (Å²) in [6.45, 7) is 3.84. The molecule has 8 heteroatoms. The third-order valence-corrected chi connectivity index (χ3v) is 3.83. The molecule has 1 aromatic heterocycles.